The maximum absolute atomic E-state index is 13.2. The second kappa shape index (κ2) is 10.7. The first-order valence-electron chi connectivity index (χ1n) is 10.3. The first-order valence-corrected chi connectivity index (χ1v) is 10.3. The number of amides is 3. The van der Waals surface area contributed by atoms with Gasteiger partial charge in [-0.2, -0.15) is 0 Å². The average molecular weight is 441 g/mol. The molecule has 0 aromatic heterocycles. The van der Waals surface area contributed by atoms with Gasteiger partial charge in [0.25, 0.3) is 17.7 Å². The zero-order chi connectivity index (χ0) is 23.1. The summed E-state index contributed by atoms with van der Waals surface area (Å²) in [6.07, 6.45) is -1.07. The molecule has 1 aliphatic rings. The van der Waals surface area contributed by atoms with Crippen molar-refractivity contribution in [2.24, 2.45) is 5.73 Å². The average Bonchev–Trinajstić information content (AvgIpc) is 3.27. The highest BCUT2D eigenvalue weighted by atomic mass is 16.5. The molecule has 1 saturated heterocycles. The molecule has 0 radical (unpaired) electrons. The fraction of sp³-hybridized carbons (Fsp3) is 0.348. The molecular weight excluding hydrogens is 412 g/mol. The lowest BCUT2D eigenvalue weighted by atomic mass is 10.1. The number of ether oxygens (including phenoxy) is 2. The summed E-state index contributed by atoms with van der Waals surface area (Å²) in [6, 6.07) is 14.2. The SMILES string of the molecule is COCC(=O)N1CCN(C(=O)c2cccc(OC)c2)C1C(=O)NCc1cccc(CN)c1. The number of hydrogen-bond acceptors (Lipinski definition) is 6. The van der Waals surface area contributed by atoms with E-state index in [4.69, 9.17) is 15.2 Å². The van der Waals surface area contributed by atoms with Gasteiger partial charge >= 0.3 is 0 Å². The summed E-state index contributed by atoms with van der Waals surface area (Å²) in [5.41, 5.74) is 7.88. The highest BCUT2D eigenvalue weighted by Gasteiger charge is 2.42. The Kier molecular flexibility index (Phi) is 7.80. The minimum absolute atomic E-state index is 0.177. The lowest BCUT2D eigenvalue weighted by molar-refractivity contribution is -0.144. The van der Waals surface area contributed by atoms with Crippen molar-refractivity contribution >= 4 is 17.7 Å². The van der Waals surface area contributed by atoms with Gasteiger partial charge in [0.05, 0.1) is 7.11 Å². The number of nitrogens with two attached hydrogens (primary N) is 1. The van der Waals surface area contributed by atoms with Crippen LogP contribution in [-0.2, 0) is 27.4 Å². The number of hydrogen-bond donors (Lipinski definition) is 2. The Balaban J connectivity index is 1.81. The molecule has 3 rings (SSSR count). The van der Waals surface area contributed by atoms with E-state index in [0.717, 1.165) is 11.1 Å². The van der Waals surface area contributed by atoms with Crippen molar-refractivity contribution in [1.29, 1.82) is 0 Å². The van der Waals surface area contributed by atoms with Crippen molar-refractivity contribution in [2.45, 2.75) is 19.3 Å². The normalized spacial score (nSPS) is 15.5. The number of methoxy groups -OCH3 is 2. The molecule has 1 fully saturated rings. The lowest BCUT2D eigenvalue weighted by Gasteiger charge is -2.29. The maximum atomic E-state index is 13.2. The largest absolute Gasteiger partial charge is 0.497 e. The highest BCUT2D eigenvalue weighted by Crippen LogP contribution is 2.21. The molecule has 0 aliphatic carbocycles. The van der Waals surface area contributed by atoms with Crippen molar-refractivity contribution in [1.82, 2.24) is 15.1 Å². The van der Waals surface area contributed by atoms with Gasteiger partial charge in [0.1, 0.15) is 12.4 Å². The Hall–Kier alpha value is -3.43. The fourth-order valence-electron chi connectivity index (χ4n) is 3.66. The molecule has 9 heteroatoms. The summed E-state index contributed by atoms with van der Waals surface area (Å²) in [5.74, 6) is -0.634. The van der Waals surface area contributed by atoms with Crippen molar-refractivity contribution in [3.63, 3.8) is 0 Å². The molecule has 0 bridgehead atoms. The molecule has 1 heterocycles. The quantitative estimate of drug-likeness (QED) is 0.626. The van der Waals surface area contributed by atoms with Gasteiger partial charge < -0.3 is 30.3 Å². The molecule has 1 atom stereocenters. The van der Waals surface area contributed by atoms with Crippen molar-refractivity contribution in [3.05, 3.63) is 65.2 Å². The minimum atomic E-state index is -1.07. The van der Waals surface area contributed by atoms with Crippen molar-refractivity contribution in [3.8, 4) is 5.75 Å². The molecular formula is C23H28N4O5. The van der Waals surface area contributed by atoms with E-state index < -0.39 is 12.1 Å². The topological polar surface area (TPSA) is 114 Å². The van der Waals surface area contributed by atoms with Crippen LogP contribution in [0.3, 0.4) is 0 Å². The summed E-state index contributed by atoms with van der Waals surface area (Å²) in [6.45, 7) is 0.928. The molecule has 0 saturated carbocycles. The lowest BCUT2D eigenvalue weighted by Crippen LogP contribution is -2.54. The molecule has 1 unspecified atom stereocenters. The molecule has 170 valence electrons. The number of benzene rings is 2. The highest BCUT2D eigenvalue weighted by molar-refractivity contribution is 5.99. The van der Waals surface area contributed by atoms with Crippen LogP contribution in [0.15, 0.2) is 48.5 Å². The van der Waals surface area contributed by atoms with Gasteiger partial charge in [-0.05, 0) is 29.3 Å². The van der Waals surface area contributed by atoms with E-state index in [0.29, 0.717) is 17.9 Å². The van der Waals surface area contributed by atoms with Gasteiger partial charge in [-0.15, -0.1) is 0 Å². The summed E-state index contributed by atoms with van der Waals surface area (Å²) >= 11 is 0. The molecule has 2 aromatic carbocycles. The van der Waals surface area contributed by atoms with Gasteiger partial charge in [0, 0.05) is 38.9 Å². The van der Waals surface area contributed by atoms with Gasteiger partial charge in [0.2, 0.25) is 0 Å². The number of rotatable bonds is 8. The molecule has 1 aliphatic heterocycles. The van der Waals surface area contributed by atoms with Gasteiger partial charge in [-0.25, -0.2) is 0 Å². The predicted molar refractivity (Wildman–Crippen MR) is 118 cm³/mol. The third-order valence-corrected chi connectivity index (χ3v) is 5.27. The minimum Gasteiger partial charge on any atom is -0.497 e. The van der Waals surface area contributed by atoms with Crippen LogP contribution in [0.5, 0.6) is 5.75 Å². The number of nitrogens with one attached hydrogen (secondary N) is 1. The van der Waals surface area contributed by atoms with Crippen LogP contribution in [0.25, 0.3) is 0 Å². The summed E-state index contributed by atoms with van der Waals surface area (Å²) in [7, 11) is 2.92. The van der Waals surface area contributed by atoms with E-state index in [2.05, 4.69) is 5.32 Å². The summed E-state index contributed by atoms with van der Waals surface area (Å²) in [5, 5.41) is 2.85. The zero-order valence-corrected chi connectivity index (χ0v) is 18.2. The Labute approximate surface area is 187 Å². The van der Waals surface area contributed by atoms with E-state index in [9.17, 15) is 14.4 Å². The third-order valence-electron chi connectivity index (χ3n) is 5.27. The van der Waals surface area contributed by atoms with E-state index in [1.165, 1.54) is 24.0 Å². The van der Waals surface area contributed by atoms with Gasteiger partial charge in [-0.3, -0.25) is 14.4 Å². The molecule has 3 N–H and O–H groups in total. The number of carbonyl (C=O) groups is 3. The molecule has 3 amide bonds. The van der Waals surface area contributed by atoms with Crippen LogP contribution in [0.4, 0.5) is 0 Å². The number of nitrogens with zero attached hydrogens (tertiary/aromatic N) is 2. The molecule has 32 heavy (non-hydrogen) atoms. The van der Waals surface area contributed by atoms with Crippen molar-refractivity contribution in [2.75, 3.05) is 33.9 Å². The van der Waals surface area contributed by atoms with Crippen molar-refractivity contribution < 1.29 is 23.9 Å². The first-order chi connectivity index (χ1) is 15.5. The third kappa shape index (κ3) is 5.24. The van der Waals surface area contributed by atoms with Crippen LogP contribution in [0, 0.1) is 0 Å². The Morgan fingerprint density at radius 1 is 1.03 bits per heavy atom. The fourth-order valence-corrected chi connectivity index (χ4v) is 3.66. The monoisotopic (exact) mass is 440 g/mol. The van der Waals surface area contributed by atoms with Gasteiger partial charge in [0.15, 0.2) is 6.17 Å². The predicted octanol–water partition coefficient (Wildman–Crippen LogP) is 0.727. The first kappa shape index (κ1) is 23.2. The molecule has 2 aromatic rings. The molecule has 9 nitrogen and oxygen atoms in total. The van der Waals surface area contributed by atoms with Crippen LogP contribution < -0.4 is 15.8 Å². The second-order valence-corrected chi connectivity index (χ2v) is 7.37. The van der Waals surface area contributed by atoms with E-state index in [-0.39, 0.29) is 38.1 Å². The van der Waals surface area contributed by atoms with Gasteiger partial charge in [-0.1, -0.05) is 30.3 Å². The maximum Gasteiger partial charge on any atom is 0.264 e. The summed E-state index contributed by atoms with van der Waals surface area (Å²) < 4.78 is 10.2. The van der Waals surface area contributed by atoms with Crippen LogP contribution >= 0.6 is 0 Å². The van der Waals surface area contributed by atoms with Crippen LogP contribution in [0.2, 0.25) is 0 Å². The van der Waals surface area contributed by atoms with E-state index in [1.807, 2.05) is 24.3 Å². The van der Waals surface area contributed by atoms with Crippen LogP contribution in [-0.4, -0.2) is 67.6 Å². The van der Waals surface area contributed by atoms with E-state index in [1.54, 1.807) is 24.3 Å². The second-order valence-electron chi connectivity index (χ2n) is 7.37. The zero-order valence-electron chi connectivity index (χ0n) is 18.2. The Morgan fingerprint density at radius 2 is 1.75 bits per heavy atom. The van der Waals surface area contributed by atoms with E-state index >= 15 is 0 Å². The number of carbonyl (C=O) groups excluding carboxylic acids is 3. The Bertz CT molecular complexity index is 980. The van der Waals surface area contributed by atoms with Crippen LogP contribution in [0.1, 0.15) is 21.5 Å². The smallest absolute Gasteiger partial charge is 0.264 e. The molecule has 0 spiro atoms. The Morgan fingerprint density at radius 3 is 2.47 bits per heavy atom. The standard InChI is InChI=1S/C23H28N4O5/c1-31-15-20(28)26-9-10-27(23(30)18-7-4-8-19(12-18)32-2)22(26)21(29)25-14-17-6-3-5-16(11-17)13-24/h3-8,11-12,22H,9-10,13-15,24H2,1-2H3,(H,25,29). The summed E-state index contributed by atoms with van der Waals surface area (Å²) in [4.78, 5) is 41.7.